The topological polar surface area (TPSA) is 21.6 Å². The van der Waals surface area contributed by atoms with E-state index >= 15 is 0 Å². The second kappa shape index (κ2) is 6.09. The summed E-state index contributed by atoms with van der Waals surface area (Å²) < 4.78 is 26.0. The van der Waals surface area contributed by atoms with Gasteiger partial charge in [0.2, 0.25) is 0 Å². The van der Waals surface area contributed by atoms with Crippen molar-refractivity contribution in [2.45, 2.75) is 13.5 Å². The molecule has 2 nitrogen and oxygen atoms in total. The first-order valence-electron chi connectivity index (χ1n) is 5.82. The van der Waals surface area contributed by atoms with Gasteiger partial charge in [-0.05, 0) is 30.2 Å². The molecule has 0 N–H and O–H groups in total. The van der Waals surface area contributed by atoms with Crippen LogP contribution in [0.2, 0.25) is 0 Å². The molecule has 0 aromatic heterocycles. The lowest BCUT2D eigenvalue weighted by atomic mass is 10.1. The minimum absolute atomic E-state index is 0.0332. The number of aryl methyl sites for hydroxylation is 1. The Kier molecular flexibility index (Phi) is 4.23. The molecule has 0 bridgehead atoms. The second-order valence-corrected chi connectivity index (χ2v) is 4.10. The van der Waals surface area contributed by atoms with Crippen molar-refractivity contribution < 1.29 is 13.6 Å². The molecule has 2 rings (SSSR count). The smallest absolute Gasteiger partial charge is 0.145 e. The Morgan fingerprint density at radius 3 is 2.68 bits per heavy atom. The standard InChI is InChI=1S/C15H13F2NO/c1-11-4-2-3-5-12(11)9-18-19-10-13-6-7-14(16)8-15(13)17/h2-9H,10H2,1H3. The van der Waals surface area contributed by atoms with E-state index in [0.29, 0.717) is 0 Å². The maximum Gasteiger partial charge on any atom is 0.145 e. The van der Waals surface area contributed by atoms with Crippen LogP contribution >= 0.6 is 0 Å². The third-order valence-corrected chi connectivity index (χ3v) is 2.69. The maximum absolute atomic E-state index is 13.3. The molecule has 2 aromatic carbocycles. The highest BCUT2D eigenvalue weighted by atomic mass is 19.1. The zero-order chi connectivity index (χ0) is 13.7. The molecule has 0 amide bonds. The van der Waals surface area contributed by atoms with Crippen molar-refractivity contribution in [3.63, 3.8) is 0 Å². The van der Waals surface area contributed by atoms with Gasteiger partial charge in [0, 0.05) is 11.6 Å². The van der Waals surface area contributed by atoms with Gasteiger partial charge in [-0.1, -0.05) is 29.4 Å². The van der Waals surface area contributed by atoms with E-state index in [0.717, 1.165) is 17.2 Å². The molecule has 19 heavy (non-hydrogen) atoms. The highest BCUT2D eigenvalue weighted by Crippen LogP contribution is 2.11. The molecular weight excluding hydrogens is 248 g/mol. The van der Waals surface area contributed by atoms with Crippen LogP contribution in [0.3, 0.4) is 0 Å². The van der Waals surface area contributed by atoms with Crippen LogP contribution in [0.15, 0.2) is 47.6 Å². The van der Waals surface area contributed by atoms with Gasteiger partial charge in [0.25, 0.3) is 0 Å². The van der Waals surface area contributed by atoms with Crippen LogP contribution in [0.4, 0.5) is 8.78 Å². The quantitative estimate of drug-likeness (QED) is 0.605. The number of halogens is 2. The number of oxime groups is 1. The van der Waals surface area contributed by atoms with Crippen molar-refractivity contribution in [1.82, 2.24) is 0 Å². The van der Waals surface area contributed by atoms with E-state index in [1.54, 1.807) is 6.21 Å². The van der Waals surface area contributed by atoms with Gasteiger partial charge in [-0.3, -0.25) is 0 Å². The van der Waals surface area contributed by atoms with Crippen molar-refractivity contribution in [3.05, 3.63) is 70.8 Å². The third-order valence-electron chi connectivity index (χ3n) is 2.69. The average molecular weight is 261 g/mol. The predicted molar refractivity (Wildman–Crippen MR) is 69.9 cm³/mol. The summed E-state index contributed by atoms with van der Waals surface area (Å²) in [5.41, 5.74) is 2.27. The Morgan fingerprint density at radius 1 is 1.16 bits per heavy atom. The van der Waals surface area contributed by atoms with Gasteiger partial charge in [0.05, 0.1) is 6.21 Å². The Labute approximate surface area is 110 Å². The Morgan fingerprint density at radius 2 is 1.95 bits per heavy atom. The summed E-state index contributed by atoms with van der Waals surface area (Å²) in [6.45, 7) is 1.93. The summed E-state index contributed by atoms with van der Waals surface area (Å²) in [4.78, 5) is 5.01. The first kappa shape index (κ1) is 13.2. The summed E-state index contributed by atoms with van der Waals surface area (Å²) in [5, 5.41) is 3.78. The molecule has 0 heterocycles. The Balaban J connectivity index is 1.95. The molecule has 0 aliphatic rings. The Bertz CT molecular complexity index is 596. The monoisotopic (exact) mass is 261 g/mol. The fraction of sp³-hybridized carbons (Fsp3) is 0.133. The minimum Gasteiger partial charge on any atom is -0.391 e. The van der Waals surface area contributed by atoms with Crippen molar-refractivity contribution in [2.75, 3.05) is 0 Å². The highest BCUT2D eigenvalue weighted by molar-refractivity contribution is 5.81. The zero-order valence-electron chi connectivity index (χ0n) is 10.4. The second-order valence-electron chi connectivity index (χ2n) is 4.10. The van der Waals surface area contributed by atoms with E-state index < -0.39 is 11.6 Å². The van der Waals surface area contributed by atoms with Crippen LogP contribution in [0, 0.1) is 18.6 Å². The molecular formula is C15H13F2NO. The maximum atomic E-state index is 13.3. The minimum atomic E-state index is -0.633. The van der Waals surface area contributed by atoms with E-state index in [9.17, 15) is 8.78 Å². The lowest BCUT2D eigenvalue weighted by Gasteiger charge is -2.02. The molecule has 0 aliphatic carbocycles. The molecule has 0 unspecified atom stereocenters. The van der Waals surface area contributed by atoms with Crippen molar-refractivity contribution in [1.29, 1.82) is 0 Å². The van der Waals surface area contributed by atoms with Gasteiger partial charge < -0.3 is 4.84 Å². The molecule has 0 saturated heterocycles. The normalized spacial score (nSPS) is 10.9. The fourth-order valence-corrected chi connectivity index (χ4v) is 1.57. The fourth-order valence-electron chi connectivity index (χ4n) is 1.57. The van der Waals surface area contributed by atoms with Crippen molar-refractivity contribution >= 4 is 6.21 Å². The van der Waals surface area contributed by atoms with Crippen molar-refractivity contribution in [3.8, 4) is 0 Å². The number of benzene rings is 2. The van der Waals surface area contributed by atoms with Gasteiger partial charge in [-0.15, -0.1) is 0 Å². The lowest BCUT2D eigenvalue weighted by Crippen LogP contribution is -1.94. The molecule has 0 radical (unpaired) electrons. The van der Waals surface area contributed by atoms with Gasteiger partial charge in [0.15, 0.2) is 0 Å². The lowest BCUT2D eigenvalue weighted by molar-refractivity contribution is 0.129. The van der Waals surface area contributed by atoms with Crippen LogP contribution < -0.4 is 0 Å². The van der Waals surface area contributed by atoms with Crippen LogP contribution in [0.5, 0.6) is 0 Å². The average Bonchev–Trinajstić information content (AvgIpc) is 2.38. The van der Waals surface area contributed by atoms with E-state index in [2.05, 4.69) is 5.16 Å². The molecule has 0 saturated carbocycles. The van der Waals surface area contributed by atoms with Crippen LogP contribution in [-0.2, 0) is 11.4 Å². The van der Waals surface area contributed by atoms with E-state index in [1.807, 2.05) is 31.2 Å². The molecule has 2 aromatic rings. The van der Waals surface area contributed by atoms with Crippen LogP contribution in [0.25, 0.3) is 0 Å². The van der Waals surface area contributed by atoms with Gasteiger partial charge in [-0.2, -0.15) is 0 Å². The van der Waals surface area contributed by atoms with E-state index in [1.165, 1.54) is 12.1 Å². The summed E-state index contributed by atoms with van der Waals surface area (Å²) in [6.07, 6.45) is 1.57. The number of nitrogens with zero attached hydrogens (tertiary/aromatic N) is 1. The molecule has 0 aliphatic heterocycles. The summed E-state index contributed by atoms with van der Waals surface area (Å²) in [7, 11) is 0. The van der Waals surface area contributed by atoms with E-state index in [-0.39, 0.29) is 12.2 Å². The summed E-state index contributed by atoms with van der Waals surface area (Å²) in [5.74, 6) is -1.24. The molecule has 4 heteroatoms. The van der Waals surface area contributed by atoms with Gasteiger partial charge in [-0.25, -0.2) is 8.78 Å². The highest BCUT2D eigenvalue weighted by Gasteiger charge is 2.03. The SMILES string of the molecule is Cc1ccccc1C=NOCc1ccc(F)cc1F. The number of hydrogen-bond acceptors (Lipinski definition) is 2. The first-order valence-corrected chi connectivity index (χ1v) is 5.82. The first-order chi connectivity index (χ1) is 9.16. The third kappa shape index (κ3) is 3.61. The van der Waals surface area contributed by atoms with Crippen LogP contribution in [-0.4, -0.2) is 6.21 Å². The zero-order valence-corrected chi connectivity index (χ0v) is 10.4. The molecule has 0 spiro atoms. The molecule has 0 fully saturated rings. The largest absolute Gasteiger partial charge is 0.391 e. The van der Waals surface area contributed by atoms with Gasteiger partial charge >= 0.3 is 0 Å². The predicted octanol–water partition coefficient (Wildman–Crippen LogP) is 3.82. The van der Waals surface area contributed by atoms with E-state index in [4.69, 9.17) is 4.84 Å². The Hall–Kier alpha value is -2.23. The number of hydrogen-bond donors (Lipinski definition) is 0. The summed E-state index contributed by atoms with van der Waals surface area (Å²) in [6, 6.07) is 11.0. The van der Waals surface area contributed by atoms with Crippen LogP contribution in [0.1, 0.15) is 16.7 Å². The number of rotatable bonds is 4. The van der Waals surface area contributed by atoms with Crippen molar-refractivity contribution in [2.24, 2.45) is 5.16 Å². The molecule has 0 atom stereocenters. The van der Waals surface area contributed by atoms with Gasteiger partial charge in [0.1, 0.15) is 18.2 Å². The summed E-state index contributed by atoms with van der Waals surface area (Å²) >= 11 is 0. The molecule has 98 valence electrons.